The van der Waals surface area contributed by atoms with Gasteiger partial charge in [0, 0.05) is 24.7 Å². The summed E-state index contributed by atoms with van der Waals surface area (Å²) >= 11 is 0. The number of para-hydroxylation sites is 1. The van der Waals surface area contributed by atoms with E-state index in [0.29, 0.717) is 6.42 Å². The number of aryl methyl sites for hydroxylation is 2. The number of nitrogens with one attached hydrogen (secondary N) is 2. The molecule has 0 spiro atoms. The number of carbonyl (C=O) groups is 1. The fourth-order valence-corrected chi connectivity index (χ4v) is 2.15. The van der Waals surface area contributed by atoms with E-state index in [1.54, 1.807) is 0 Å². The van der Waals surface area contributed by atoms with E-state index in [0.717, 1.165) is 13.0 Å². The van der Waals surface area contributed by atoms with Crippen molar-refractivity contribution in [2.45, 2.75) is 32.7 Å². The fourth-order valence-electron chi connectivity index (χ4n) is 2.15. The van der Waals surface area contributed by atoms with Crippen molar-refractivity contribution in [3.63, 3.8) is 0 Å². The van der Waals surface area contributed by atoms with Crippen molar-refractivity contribution in [1.82, 2.24) is 5.32 Å². The van der Waals surface area contributed by atoms with E-state index in [4.69, 9.17) is 0 Å². The van der Waals surface area contributed by atoms with Crippen LogP contribution in [0.5, 0.6) is 0 Å². The van der Waals surface area contributed by atoms with Crippen LogP contribution in [0, 0.1) is 13.8 Å². The highest BCUT2D eigenvalue weighted by Gasteiger charge is 2.20. The van der Waals surface area contributed by atoms with Gasteiger partial charge in [0.15, 0.2) is 0 Å². The molecule has 1 aromatic rings. The van der Waals surface area contributed by atoms with Crippen molar-refractivity contribution in [3.8, 4) is 0 Å². The lowest BCUT2D eigenvalue weighted by molar-refractivity contribution is -0.119. The maximum atomic E-state index is 11.1. The largest absolute Gasteiger partial charge is 0.383 e. The van der Waals surface area contributed by atoms with Crippen molar-refractivity contribution in [2.24, 2.45) is 0 Å². The number of amides is 1. The van der Waals surface area contributed by atoms with Crippen LogP contribution >= 0.6 is 0 Å². The molecule has 16 heavy (non-hydrogen) atoms. The van der Waals surface area contributed by atoms with Crippen molar-refractivity contribution < 1.29 is 4.79 Å². The molecule has 0 aliphatic carbocycles. The highest BCUT2D eigenvalue weighted by Crippen LogP contribution is 2.19. The van der Waals surface area contributed by atoms with Crippen LogP contribution in [0.4, 0.5) is 5.69 Å². The predicted octanol–water partition coefficient (Wildman–Crippen LogP) is 1.99. The van der Waals surface area contributed by atoms with Crippen molar-refractivity contribution >= 4 is 11.6 Å². The molecule has 1 unspecified atom stereocenters. The summed E-state index contributed by atoms with van der Waals surface area (Å²) in [6.07, 6.45) is 1.61. The summed E-state index contributed by atoms with van der Waals surface area (Å²) in [7, 11) is 0. The molecule has 1 aliphatic rings. The zero-order chi connectivity index (χ0) is 11.5. The van der Waals surface area contributed by atoms with Crippen LogP contribution in [0.3, 0.4) is 0 Å². The zero-order valence-electron chi connectivity index (χ0n) is 9.84. The smallest absolute Gasteiger partial charge is 0.220 e. The third-order valence-electron chi connectivity index (χ3n) is 3.09. The molecule has 1 atom stereocenters. The van der Waals surface area contributed by atoms with Gasteiger partial charge < -0.3 is 10.6 Å². The Hall–Kier alpha value is -1.51. The van der Waals surface area contributed by atoms with Gasteiger partial charge >= 0.3 is 0 Å². The SMILES string of the molecule is Cc1cccc(C)c1NCC1CCC(=O)N1. The Morgan fingerprint density at radius 2 is 2.06 bits per heavy atom. The molecule has 1 saturated heterocycles. The normalized spacial score (nSPS) is 19.6. The monoisotopic (exact) mass is 218 g/mol. The second-order valence-electron chi connectivity index (χ2n) is 4.45. The predicted molar refractivity (Wildman–Crippen MR) is 65.6 cm³/mol. The second kappa shape index (κ2) is 4.56. The van der Waals surface area contributed by atoms with Crippen LogP contribution in [-0.4, -0.2) is 18.5 Å². The summed E-state index contributed by atoms with van der Waals surface area (Å²) in [4.78, 5) is 11.1. The first-order valence-corrected chi connectivity index (χ1v) is 5.76. The van der Waals surface area contributed by atoms with Gasteiger partial charge in [0.25, 0.3) is 0 Å². The Kier molecular flexibility index (Phi) is 3.13. The molecule has 0 saturated carbocycles. The van der Waals surface area contributed by atoms with Gasteiger partial charge in [-0.2, -0.15) is 0 Å². The molecule has 0 radical (unpaired) electrons. The second-order valence-corrected chi connectivity index (χ2v) is 4.45. The molecule has 1 aliphatic heterocycles. The van der Waals surface area contributed by atoms with Gasteiger partial charge in [0.05, 0.1) is 0 Å². The van der Waals surface area contributed by atoms with Gasteiger partial charge in [-0.25, -0.2) is 0 Å². The maximum Gasteiger partial charge on any atom is 0.220 e. The number of hydrogen-bond donors (Lipinski definition) is 2. The summed E-state index contributed by atoms with van der Waals surface area (Å²) in [5, 5.41) is 6.39. The Labute approximate surface area is 96.2 Å². The third kappa shape index (κ3) is 2.35. The summed E-state index contributed by atoms with van der Waals surface area (Å²) in [6.45, 7) is 5.02. The minimum atomic E-state index is 0.174. The quantitative estimate of drug-likeness (QED) is 0.814. The summed E-state index contributed by atoms with van der Waals surface area (Å²) in [6, 6.07) is 6.55. The lowest BCUT2D eigenvalue weighted by Gasteiger charge is -2.16. The first kappa shape index (κ1) is 11.0. The summed E-state index contributed by atoms with van der Waals surface area (Å²) in [5.74, 6) is 0.174. The minimum Gasteiger partial charge on any atom is -0.383 e. The lowest BCUT2D eigenvalue weighted by Crippen LogP contribution is -2.32. The van der Waals surface area contributed by atoms with E-state index >= 15 is 0 Å². The Morgan fingerprint density at radius 1 is 1.38 bits per heavy atom. The van der Waals surface area contributed by atoms with Gasteiger partial charge in [-0.3, -0.25) is 4.79 Å². The van der Waals surface area contributed by atoms with E-state index in [1.165, 1.54) is 16.8 Å². The first-order valence-electron chi connectivity index (χ1n) is 5.76. The van der Waals surface area contributed by atoms with Gasteiger partial charge in [-0.15, -0.1) is 0 Å². The number of hydrogen-bond acceptors (Lipinski definition) is 2. The molecule has 3 nitrogen and oxygen atoms in total. The average molecular weight is 218 g/mol. The third-order valence-corrected chi connectivity index (χ3v) is 3.09. The Morgan fingerprint density at radius 3 is 2.62 bits per heavy atom. The standard InChI is InChI=1S/C13H18N2O/c1-9-4-3-5-10(2)13(9)14-8-11-6-7-12(16)15-11/h3-5,11,14H,6-8H2,1-2H3,(H,15,16). The zero-order valence-corrected chi connectivity index (χ0v) is 9.84. The number of benzene rings is 1. The summed E-state index contributed by atoms with van der Waals surface area (Å²) < 4.78 is 0. The van der Waals surface area contributed by atoms with E-state index in [2.05, 4.69) is 42.7 Å². The molecule has 0 bridgehead atoms. The average Bonchev–Trinajstić information content (AvgIpc) is 2.63. The highest BCUT2D eigenvalue weighted by molar-refractivity contribution is 5.78. The number of carbonyl (C=O) groups excluding carboxylic acids is 1. The number of rotatable bonds is 3. The Balaban J connectivity index is 1.97. The van der Waals surface area contributed by atoms with E-state index in [9.17, 15) is 4.79 Å². The van der Waals surface area contributed by atoms with Crippen molar-refractivity contribution in [2.75, 3.05) is 11.9 Å². The Bertz CT molecular complexity index is 381. The molecular formula is C13H18N2O. The minimum absolute atomic E-state index is 0.174. The molecule has 2 N–H and O–H groups in total. The van der Waals surface area contributed by atoms with Crippen molar-refractivity contribution in [1.29, 1.82) is 0 Å². The van der Waals surface area contributed by atoms with Crippen LogP contribution in [0.15, 0.2) is 18.2 Å². The van der Waals surface area contributed by atoms with Crippen LogP contribution < -0.4 is 10.6 Å². The van der Waals surface area contributed by atoms with Crippen LogP contribution in [0.2, 0.25) is 0 Å². The molecule has 1 fully saturated rings. The molecule has 3 heteroatoms. The molecule has 0 aromatic heterocycles. The van der Waals surface area contributed by atoms with Crippen molar-refractivity contribution in [3.05, 3.63) is 29.3 Å². The fraction of sp³-hybridized carbons (Fsp3) is 0.462. The molecule has 1 aromatic carbocycles. The van der Waals surface area contributed by atoms with Gasteiger partial charge in [-0.1, -0.05) is 18.2 Å². The number of anilines is 1. The topological polar surface area (TPSA) is 41.1 Å². The van der Waals surface area contributed by atoms with E-state index < -0.39 is 0 Å². The lowest BCUT2D eigenvalue weighted by atomic mass is 10.1. The van der Waals surface area contributed by atoms with Crippen LogP contribution in [0.25, 0.3) is 0 Å². The van der Waals surface area contributed by atoms with E-state index in [1.807, 2.05) is 0 Å². The first-order chi connectivity index (χ1) is 7.66. The molecule has 2 rings (SSSR count). The van der Waals surface area contributed by atoms with Crippen LogP contribution in [0.1, 0.15) is 24.0 Å². The van der Waals surface area contributed by atoms with Gasteiger partial charge in [0.1, 0.15) is 0 Å². The van der Waals surface area contributed by atoms with Gasteiger partial charge in [-0.05, 0) is 31.4 Å². The van der Waals surface area contributed by atoms with Gasteiger partial charge in [0.2, 0.25) is 5.91 Å². The van der Waals surface area contributed by atoms with Crippen LogP contribution in [-0.2, 0) is 4.79 Å². The molecular weight excluding hydrogens is 200 g/mol. The van der Waals surface area contributed by atoms with E-state index in [-0.39, 0.29) is 11.9 Å². The summed E-state index contributed by atoms with van der Waals surface area (Å²) in [5.41, 5.74) is 3.71. The maximum absolute atomic E-state index is 11.1. The molecule has 1 amide bonds. The highest BCUT2D eigenvalue weighted by atomic mass is 16.1. The molecule has 86 valence electrons. The molecule has 1 heterocycles.